The Hall–Kier alpha value is -2.47. The molecule has 6 heteroatoms. The van der Waals surface area contributed by atoms with Crippen LogP contribution in [0.5, 0.6) is 5.75 Å². The minimum atomic E-state index is -0.278. The number of benzene rings is 1. The summed E-state index contributed by atoms with van der Waals surface area (Å²) in [7, 11) is 1.70. The largest absolute Gasteiger partial charge is 0.497 e. The normalized spacial score (nSPS) is 31.1. The Labute approximate surface area is 165 Å². The van der Waals surface area contributed by atoms with E-state index in [9.17, 15) is 4.79 Å². The third-order valence-electron chi connectivity index (χ3n) is 6.82. The first-order valence-electron chi connectivity index (χ1n) is 10.1. The quantitative estimate of drug-likeness (QED) is 0.779. The second-order valence-corrected chi connectivity index (χ2v) is 8.30. The van der Waals surface area contributed by atoms with Crippen molar-refractivity contribution >= 4 is 16.9 Å². The maximum absolute atomic E-state index is 11.6. The molecule has 0 bridgehead atoms. The summed E-state index contributed by atoms with van der Waals surface area (Å²) in [6.07, 6.45) is 3.85. The van der Waals surface area contributed by atoms with Crippen molar-refractivity contribution in [3.8, 4) is 5.75 Å². The Kier molecular flexibility index (Phi) is 4.12. The van der Waals surface area contributed by atoms with Gasteiger partial charge in [0, 0.05) is 44.1 Å². The second-order valence-electron chi connectivity index (χ2n) is 8.30. The molecule has 28 heavy (non-hydrogen) atoms. The third-order valence-corrected chi connectivity index (χ3v) is 6.82. The van der Waals surface area contributed by atoms with E-state index in [-0.39, 0.29) is 19.4 Å². The second kappa shape index (κ2) is 6.55. The van der Waals surface area contributed by atoms with Crippen molar-refractivity contribution in [1.29, 1.82) is 0 Å². The van der Waals surface area contributed by atoms with E-state index in [1.54, 1.807) is 18.3 Å². The highest BCUT2D eigenvalue weighted by Gasteiger charge is 2.49. The van der Waals surface area contributed by atoms with Gasteiger partial charge in [-0.25, -0.2) is 0 Å². The van der Waals surface area contributed by atoms with Crippen LogP contribution in [0.4, 0.5) is 0 Å². The summed E-state index contributed by atoms with van der Waals surface area (Å²) in [5, 5.41) is 1.30. The van der Waals surface area contributed by atoms with Crippen molar-refractivity contribution in [1.82, 2.24) is 4.98 Å². The lowest BCUT2D eigenvalue weighted by Gasteiger charge is -2.46. The van der Waals surface area contributed by atoms with E-state index in [0.717, 1.165) is 37.2 Å². The summed E-state index contributed by atoms with van der Waals surface area (Å²) < 4.78 is 16.7. The van der Waals surface area contributed by atoms with Crippen LogP contribution in [0.15, 0.2) is 30.2 Å². The fourth-order valence-corrected chi connectivity index (χ4v) is 5.46. The van der Waals surface area contributed by atoms with Crippen molar-refractivity contribution in [3.05, 3.63) is 41.5 Å². The van der Waals surface area contributed by atoms with E-state index in [1.165, 1.54) is 23.6 Å². The van der Waals surface area contributed by atoms with Crippen molar-refractivity contribution in [2.75, 3.05) is 20.2 Å². The molecular formula is C22H29N2O4+. The molecule has 5 rings (SSSR count). The summed E-state index contributed by atoms with van der Waals surface area (Å²) in [5.41, 5.74) is 3.91. The molecule has 0 radical (unpaired) electrons. The van der Waals surface area contributed by atoms with Crippen LogP contribution in [-0.2, 0) is 20.7 Å². The number of methoxy groups -OCH3 is 1. The van der Waals surface area contributed by atoms with E-state index in [0.29, 0.717) is 17.7 Å². The predicted molar refractivity (Wildman–Crippen MR) is 106 cm³/mol. The number of nitrogens with one attached hydrogen (secondary N) is 2. The lowest BCUT2D eigenvalue weighted by atomic mass is 9.74. The van der Waals surface area contributed by atoms with Gasteiger partial charge in [0.25, 0.3) is 0 Å². The summed E-state index contributed by atoms with van der Waals surface area (Å²) >= 11 is 0. The molecule has 2 aromatic rings. The average Bonchev–Trinajstić information content (AvgIpc) is 3.07. The van der Waals surface area contributed by atoms with Crippen molar-refractivity contribution in [2.24, 2.45) is 11.8 Å². The Morgan fingerprint density at radius 3 is 3.04 bits per heavy atom. The Bertz CT molecular complexity index is 969. The summed E-state index contributed by atoms with van der Waals surface area (Å²) in [6.45, 7) is 5.74. The maximum Gasteiger partial charge on any atom is 0.307 e. The number of aromatic nitrogens is 1. The van der Waals surface area contributed by atoms with Gasteiger partial charge < -0.3 is 24.1 Å². The molecule has 3 aliphatic rings. The van der Waals surface area contributed by atoms with Gasteiger partial charge in [-0.3, -0.25) is 4.79 Å². The zero-order chi connectivity index (χ0) is 19.4. The number of rotatable bonds is 2. The molecule has 2 unspecified atom stereocenters. The van der Waals surface area contributed by atoms with Crippen LogP contribution >= 0.6 is 0 Å². The molecule has 1 aromatic carbocycles. The zero-order valence-electron chi connectivity index (χ0n) is 16.6. The Morgan fingerprint density at radius 1 is 1.39 bits per heavy atom. The van der Waals surface area contributed by atoms with E-state index in [1.807, 2.05) is 6.07 Å². The maximum atomic E-state index is 11.6. The van der Waals surface area contributed by atoms with Crippen molar-refractivity contribution < 1.29 is 25.3 Å². The first-order valence-corrected chi connectivity index (χ1v) is 10.1. The number of H-pyrrole nitrogens is 1. The molecule has 2 N–H and O–H groups in total. The molecule has 4 heterocycles. The molecule has 1 fully saturated rings. The number of aromatic amines is 1. The number of ether oxygens (including phenoxy) is 3. The topological polar surface area (TPSA) is 65.0 Å². The molecular weight excluding hydrogens is 356 g/mol. The van der Waals surface area contributed by atoms with Crippen LogP contribution in [0.25, 0.3) is 10.9 Å². The number of piperidine rings is 1. The van der Waals surface area contributed by atoms with Gasteiger partial charge in [-0.2, -0.15) is 0 Å². The predicted octanol–water partition coefficient (Wildman–Crippen LogP) is 2.36. The van der Waals surface area contributed by atoms with Gasteiger partial charge in [-0.1, -0.05) is 0 Å². The number of esters is 1. The molecule has 150 valence electrons. The highest BCUT2D eigenvalue weighted by atomic mass is 16.6. The number of fused-ring (bicyclic) bond motifs is 6. The minimum absolute atomic E-state index is 0. The van der Waals surface area contributed by atoms with Crippen molar-refractivity contribution in [2.45, 2.75) is 38.8 Å². The SMILES string of the molecule is COc1ccc2c3c([nH]c2c1)[C@H]1C[C@H]2C(OC(C)=O)=CO[C@H](C)C2C[NH+]1CC3.[HH]. The van der Waals surface area contributed by atoms with Gasteiger partial charge in [0.1, 0.15) is 29.9 Å². The number of quaternary nitrogens is 1. The van der Waals surface area contributed by atoms with E-state index in [4.69, 9.17) is 14.2 Å². The van der Waals surface area contributed by atoms with Gasteiger partial charge in [0.15, 0.2) is 0 Å². The molecule has 6 nitrogen and oxygen atoms in total. The highest BCUT2D eigenvalue weighted by molar-refractivity contribution is 5.86. The molecule has 1 saturated heterocycles. The highest BCUT2D eigenvalue weighted by Crippen LogP contribution is 2.41. The van der Waals surface area contributed by atoms with Gasteiger partial charge in [-0.05, 0) is 24.6 Å². The van der Waals surface area contributed by atoms with Crippen LogP contribution in [-0.4, -0.2) is 37.3 Å². The van der Waals surface area contributed by atoms with Gasteiger partial charge in [-0.15, -0.1) is 0 Å². The van der Waals surface area contributed by atoms with Crippen LogP contribution in [0.3, 0.4) is 0 Å². The summed E-state index contributed by atoms with van der Waals surface area (Å²) in [4.78, 5) is 16.9. The van der Waals surface area contributed by atoms with Crippen molar-refractivity contribution in [3.63, 3.8) is 0 Å². The fourth-order valence-electron chi connectivity index (χ4n) is 5.46. The van der Waals surface area contributed by atoms with Crippen LogP contribution < -0.4 is 9.64 Å². The van der Waals surface area contributed by atoms with Gasteiger partial charge in [0.05, 0.1) is 31.8 Å². The lowest BCUT2D eigenvalue weighted by molar-refractivity contribution is -0.945. The number of hydrogen-bond donors (Lipinski definition) is 2. The van der Waals surface area contributed by atoms with E-state index < -0.39 is 0 Å². The average molecular weight is 385 g/mol. The summed E-state index contributed by atoms with van der Waals surface area (Å²) in [6, 6.07) is 6.67. The molecule has 0 aliphatic carbocycles. The first-order chi connectivity index (χ1) is 13.5. The van der Waals surface area contributed by atoms with Crippen LogP contribution in [0.1, 0.15) is 39.0 Å². The fraction of sp³-hybridized carbons (Fsp3) is 0.500. The molecule has 5 atom stereocenters. The van der Waals surface area contributed by atoms with E-state index >= 15 is 0 Å². The monoisotopic (exact) mass is 385 g/mol. The number of carbonyl (C=O) groups is 1. The van der Waals surface area contributed by atoms with Gasteiger partial charge >= 0.3 is 5.97 Å². The molecule has 0 spiro atoms. The van der Waals surface area contributed by atoms with Crippen LogP contribution in [0, 0.1) is 11.8 Å². The molecule has 0 amide bonds. The lowest BCUT2D eigenvalue weighted by Crippen LogP contribution is -3.15. The third kappa shape index (κ3) is 2.70. The Balaban J connectivity index is 0.00000205. The first kappa shape index (κ1) is 17.6. The smallest absolute Gasteiger partial charge is 0.307 e. The Morgan fingerprint density at radius 2 is 2.25 bits per heavy atom. The number of carbonyl (C=O) groups excluding carboxylic acids is 1. The number of hydrogen-bond acceptors (Lipinski definition) is 4. The standard InChI is InChI=1S/C22H26N2O4.H2/c1-12-18-10-24-7-6-16-15-5-4-14(26-3)8-19(15)23-22(16)20(24)9-17(18)21(11-27-12)28-13(2)25;/h4-5,8,11-12,17-18,20,23H,6-7,9-10H2,1-3H3;1H/p+1/t12-,17-,18?,20-;/m1./s1. The van der Waals surface area contributed by atoms with Crippen LogP contribution in [0.2, 0.25) is 0 Å². The zero-order valence-corrected chi connectivity index (χ0v) is 16.6. The summed E-state index contributed by atoms with van der Waals surface area (Å²) in [5.74, 6) is 1.88. The minimum Gasteiger partial charge on any atom is -0.497 e. The molecule has 0 saturated carbocycles. The molecule has 1 aromatic heterocycles. The van der Waals surface area contributed by atoms with E-state index in [2.05, 4.69) is 24.0 Å². The van der Waals surface area contributed by atoms with Gasteiger partial charge in [0.2, 0.25) is 0 Å². The number of allylic oxidation sites excluding steroid dienone is 1. The molecule has 3 aliphatic heterocycles.